The Kier molecular flexibility index (Phi) is 3.89. The maximum atomic E-state index is 11.3. The Morgan fingerprint density at radius 3 is 3.00 bits per heavy atom. The quantitative estimate of drug-likeness (QED) is 0.621. The molecule has 0 aromatic carbocycles. The van der Waals surface area contributed by atoms with Gasteiger partial charge in [0.2, 0.25) is 5.50 Å². The van der Waals surface area contributed by atoms with Crippen molar-refractivity contribution in [2.45, 2.75) is 6.92 Å². The van der Waals surface area contributed by atoms with Crippen molar-refractivity contribution in [1.82, 2.24) is 0 Å². The summed E-state index contributed by atoms with van der Waals surface area (Å²) >= 11 is 1.36. The van der Waals surface area contributed by atoms with Crippen LogP contribution < -0.4 is 0 Å². The zero-order valence-corrected chi connectivity index (χ0v) is 9.29. The van der Waals surface area contributed by atoms with E-state index in [-0.39, 0.29) is 6.61 Å². The molecule has 6 heteroatoms. The second-order valence-corrected chi connectivity index (χ2v) is 5.19. The molecule has 0 spiro atoms. The summed E-state index contributed by atoms with van der Waals surface area (Å²) < 4.78 is 15.8. The van der Waals surface area contributed by atoms with E-state index in [1.807, 2.05) is 5.38 Å². The Balaban J connectivity index is 2.84. The van der Waals surface area contributed by atoms with Crippen LogP contribution in [-0.2, 0) is 9.09 Å². The molecule has 1 atom stereocenters. The molecule has 1 unspecified atom stereocenters. The van der Waals surface area contributed by atoms with Gasteiger partial charge in [0.15, 0.2) is 0 Å². The fourth-order valence-corrected chi connectivity index (χ4v) is 2.35. The van der Waals surface area contributed by atoms with Gasteiger partial charge in [0.05, 0.1) is 6.61 Å². The lowest BCUT2D eigenvalue weighted by atomic mass is 10.5. The summed E-state index contributed by atoms with van der Waals surface area (Å²) in [6.07, 6.45) is 1.24. The van der Waals surface area contributed by atoms with E-state index in [1.165, 1.54) is 17.4 Å². The molecule has 1 aromatic rings. The molecule has 0 fully saturated rings. The largest absolute Gasteiger partial charge is 0.501 e. The first-order chi connectivity index (χ1) is 6.56. The highest BCUT2D eigenvalue weighted by Gasteiger charge is 2.24. The molecule has 0 aliphatic heterocycles. The Morgan fingerprint density at radius 2 is 2.50 bits per heavy atom. The van der Waals surface area contributed by atoms with E-state index < -0.39 is 13.1 Å². The molecule has 0 saturated carbocycles. The number of hydrogen-bond acceptors (Lipinski definition) is 4. The highest BCUT2D eigenvalue weighted by Crippen LogP contribution is 2.49. The highest BCUT2D eigenvalue weighted by atomic mass is 32.1. The summed E-state index contributed by atoms with van der Waals surface area (Å²) in [6, 6.07) is 3.51. The molecule has 1 heterocycles. The van der Waals surface area contributed by atoms with Gasteiger partial charge in [0.1, 0.15) is 0 Å². The van der Waals surface area contributed by atoms with Gasteiger partial charge in [-0.1, -0.05) is 6.07 Å². The van der Waals surface area contributed by atoms with Crippen LogP contribution >= 0.6 is 18.9 Å². The summed E-state index contributed by atoms with van der Waals surface area (Å²) in [5.74, 6) is 0. The van der Waals surface area contributed by atoms with Gasteiger partial charge in [0.25, 0.3) is 0 Å². The predicted molar refractivity (Wildman–Crippen MR) is 56.4 cm³/mol. The highest BCUT2D eigenvalue weighted by molar-refractivity contribution is 7.57. The molecule has 2 N–H and O–H groups in total. The van der Waals surface area contributed by atoms with E-state index in [0.29, 0.717) is 4.88 Å². The summed E-state index contributed by atoms with van der Waals surface area (Å²) in [5, 5.41) is 11.1. The smallest absolute Gasteiger partial charge is 0.392 e. The van der Waals surface area contributed by atoms with Gasteiger partial charge in [-0.15, -0.1) is 11.3 Å². The molecule has 14 heavy (non-hydrogen) atoms. The van der Waals surface area contributed by atoms with E-state index in [9.17, 15) is 14.6 Å². The first kappa shape index (κ1) is 11.5. The van der Waals surface area contributed by atoms with Crippen molar-refractivity contribution >= 4 is 25.0 Å². The van der Waals surface area contributed by atoms with Crippen LogP contribution in [0.4, 0.5) is 0 Å². The number of rotatable bonds is 4. The van der Waals surface area contributed by atoms with Crippen LogP contribution in [0, 0.1) is 0 Å². The predicted octanol–water partition coefficient (Wildman–Crippen LogP) is 2.83. The van der Waals surface area contributed by atoms with E-state index in [0.717, 1.165) is 0 Å². The molecule has 0 aliphatic carbocycles. The standard InChI is InChI=1S/C8H11O4PS/c1-2-12-13(10,11)8(9)6-7-4-3-5-14-7/h3-6,9H,2H2,1H3,(H,10,11). The van der Waals surface area contributed by atoms with Crippen LogP contribution in [0.2, 0.25) is 0 Å². The summed E-state index contributed by atoms with van der Waals surface area (Å²) in [6.45, 7) is 1.66. The van der Waals surface area contributed by atoms with Gasteiger partial charge >= 0.3 is 7.60 Å². The zero-order valence-electron chi connectivity index (χ0n) is 7.58. The second-order valence-electron chi connectivity index (χ2n) is 2.46. The van der Waals surface area contributed by atoms with Crippen molar-refractivity contribution in [2.24, 2.45) is 0 Å². The number of hydrogen-bond donors (Lipinski definition) is 2. The maximum Gasteiger partial charge on any atom is 0.392 e. The third-order valence-corrected chi connectivity index (χ3v) is 3.54. The van der Waals surface area contributed by atoms with Crippen LogP contribution in [0.1, 0.15) is 11.8 Å². The van der Waals surface area contributed by atoms with Crippen molar-refractivity contribution in [3.63, 3.8) is 0 Å². The van der Waals surface area contributed by atoms with Crippen molar-refractivity contribution in [3.05, 3.63) is 27.9 Å². The topological polar surface area (TPSA) is 66.8 Å². The van der Waals surface area contributed by atoms with Crippen molar-refractivity contribution < 1.29 is 19.1 Å². The fraction of sp³-hybridized carbons (Fsp3) is 0.250. The lowest BCUT2D eigenvalue weighted by molar-refractivity contribution is 0.261. The molecule has 1 rings (SSSR count). The van der Waals surface area contributed by atoms with Crippen molar-refractivity contribution in [1.29, 1.82) is 0 Å². The second kappa shape index (κ2) is 4.75. The lowest BCUT2D eigenvalue weighted by Gasteiger charge is -2.08. The molecule has 0 bridgehead atoms. The van der Waals surface area contributed by atoms with Gasteiger partial charge in [-0.3, -0.25) is 4.57 Å². The minimum Gasteiger partial charge on any atom is -0.501 e. The number of aliphatic hydroxyl groups excluding tert-OH is 1. The van der Waals surface area contributed by atoms with Gasteiger partial charge in [-0.05, 0) is 18.4 Å². The van der Waals surface area contributed by atoms with E-state index in [1.54, 1.807) is 19.1 Å². The van der Waals surface area contributed by atoms with Gasteiger partial charge in [-0.2, -0.15) is 0 Å². The fourth-order valence-electron chi connectivity index (χ4n) is 0.823. The minimum atomic E-state index is -4.00. The van der Waals surface area contributed by atoms with E-state index in [2.05, 4.69) is 4.52 Å². The average Bonchev–Trinajstić information content (AvgIpc) is 2.56. The normalized spacial score (nSPS) is 16.6. The van der Waals surface area contributed by atoms with Gasteiger partial charge < -0.3 is 14.5 Å². The zero-order chi connectivity index (χ0) is 10.6. The van der Waals surface area contributed by atoms with E-state index in [4.69, 9.17) is 0 Å². The first-order valence-electron chi connectivity index (χ1n) is 3.98. The monoisotopic (exact) mass is 234 g/mol. The molecular formula is C8H11O4PS. The number of aliphatic hydroxyl groups is 1. The van der Waals surface area contributed by atoms with Crippen LogP contribution in [-0.4, -0.2) is 16.6 Å². The Bertz CT molecular complexity index is 357. The average molecular weight is 234 g/mol. The Hall–Kier alpha value is -0.610. The summed E-state index contributed by atoms with van der Waals surface area (Å²) in [5.41, 5.74) is -0.623. The molecule has 4 nitrogen and oxygen atoms in total. The van der Waals surface area contributed by atoms with Crippen LogP contribution in [0.15, 0.2) is 23.0 Å². The van der Waals surface area contributed by atoms with Crippen molar-refractivity contribution in [2.75, 3.05) is 6.61 Å². The molecular weight excluding hydrogens is 223 g/mol. The Labute approximate surface area is 86.0 Å². The lowest BCUT2D eigenvalue weighted by Crippen LogP contribution is -1.91. The van der Waals surface area contributed by atoms with E-state index >= 15 is 0 Å². The molecule has 0 aliphatic rings. The van der Waals surface area contributed by atoms with Crippen LogP contribution in [0.5, 0.6) is 0 Å². The third kappa shape index (κ3) is 2.96. The third-order valence-electron chi connectivity index (χ3n) is 1.41. The summed E-state index contributed by atoms with van der Waals surface area (Å²) in [7, 11) is -4.00. The SMILES string of the molecule is CCOP(=O)(O)C(O)=Cc1cccs1. The Morgan fingerprint density at radius 1 is 1.79 bits per heavy atom. The maximum absolute atomic E-state index is 11.3. The van der Waals surface area contributed by atoms with Gasteiger partial charge in [0, 0.05) is 11.0 Å². The van der Waals surface area contributed by atoms with Crippen LogP contribution in [0.3, 0.4) is 0 Å². The molecule has 0 radical (unpaired) electrons. The van der Waals surface area contributed by atoms with Crippen molar-refractivity contribution in [3.8, 4) is 0 Å². The minimum absolute atomic E-state index is 0.0795. The summed E-state index contributed by atoms with van der Waals surface area (Å²) in [4.78, 5) is 9.91. The van der Waals surface area contributed by atoms with Crippen LogP contribution in [0.25, 0.3) is 6.08 Å². The van der Waals surface area contributed by atoms with Gasteiger partial charge in [-0.25, -0.2) is 0 Å². The first-order valence-corrected chi connectivity index (χ1v) is 6.44. The molecule has 0 saturated heterocycles. The molecule has 78 valence electrons. The molecule has 0 amide bonds. The number of thiophene rings is 1. The molecule has 1 aromatic heterocycles.